The number of aromatic nitrogens is 1. The largest absolute Gasteiger partial charge is 0.395 e. The summed E-state index contributed by atoms with van der Waals surface area (Å²) in [6.07, 6.45) is 2.02. The Kier molecular flexibility index (Phi) is 4.75. The highest BCUT2D eigenvalue weighted by Crippen LogP contribution is 2.17. The van der Waals surface area contributed by atoms with Crippen LogP contribution in [0, 0.1) is 0 Å². The number of nitrogens with one attached hydrogen (secondary N) is 1. The molecule has 0 saturated carbocycles. The van der Waals surface area contributed by atoms with Crippen molar-refractivity contribution in [2.75, 3.05) is 26.9 Å². The van der Waals surface area contributed by atoms with Gasteiger partial charge < -0.3 is 19.7 Å². The fourth-order valence-electron chi connectivity index (χ4n) is 2.07. The molecule has 1 heterocycles. The van der Waals surface area contributed by atoms with Crippen LogP contribution in [0.15, 0.2) is 30.5 Å². The molecular formula is C14H20N2O2. The molecule has 0 aliphatic rings. The molecular weight excluding hydrogens is 228 g/mol. The molecule has 18 heavy (non-hydrogen) atoms. The summed E-state index contributed by atoms with van der Waals surface area (Å²) >= 11 is 0. The number of benzene rings is 1. The van der Waals surface area contributed by atoms with Gasteiger partial charge in [-0.25, -0.2) is 0 Å². The van der Waals surface area contributed by atoms with Crippen LogP contribution in [0.1, 0.15) is 5.56 Å². The number of ether oxygens (including phenoxy) is 1. The zero-order chi connectivity index (χ0) is 12.8. The van der Waals surface area contributed by atoms with Gasteiger partial charge >= 0.3 is 0 Å². The lowest BCUT2D eigenvalue weighted by atomic mass is 10.1. The third-order valence-electron chi connectivity index (χ3n) is 2.99. The van der Waals surface area contributed by atoms with E-state index in [1.165, 1.54) is 16.5 Å². The van der Waals surface area contributed by atoms with Crippen LogP contribution in [0.25, 0.3) is 10.9 Å². The first kappa shape index (κ1) is 13.1. The summed E-state index contributed by atoms with van der Waals surface area (Å²) in [5.74, 6) is 0. The lowest BCUT2D eigenvalue weighted by molar-refractivity contribution is 0.199. The van der Waals surface area contributed by atoms with Crippen molar-refractivity contribution in [3.05, 3.63) is 36.0 Å². The van der Waals surface area contributed by atoms with Gasteiger partial charge in [0.1, 0.15) is 0 Å². The van der Waals surface area contributed by atoms with Crippen LogP contribution < -0.4 is 5.32 Å². The maximum absolute atomic E-state index is 8.98. The number of aliphatic hydroxyl groups excluding tert-OH is 1. The van der Waals surface area contributed by atoms with Gasteiger partial charge in [0.05, 0.1) is 13.2 Å². The monoisotopic (exact) mass is 248 g/mol. The lowest BCUT2D eigenvalue weighted by Crippen LogP contribution is -2.18. The highest BCUT2D eigenvalue weighted by molar-refractivity contribution is 5.80. The molecule has 2 N–H and O–H groups in total. The van der Waals surface area contributed by atoms with Crippen LogP contribution in [0.2, 0.25) is 0 Å². The maximum atomic E-state index is 8.98. The van der Waals surface area contributed by atoms with Crippen molar-refractivity contribution in [2.45, 2.75) is 13.1 Å². The maximum Gasteiger partial charge on any atom is 0.0610 e. The minimum absolute atomic E-state index is 0.171. The predicted octanol–water partition coefficient (Wildman–Crippen LogP) is 1.37. The third-order valence-corrected chi connectivity index (χ3v) is 2.99. The molecule has 2 aromatic rings. The van der Waals surface area contributed by atoms with E-state index >= 15 is 0 Å². The summed E-state index contributed by atoms with van der Waals surface area (Å²) in [5, 5.41) is 13.5. The second-order valence-electron chi connectivity index (χ2n) is 4.30. The molecule has 0 atom stereocenters. The van der Waals surface area contributed by atoms with Crippen molar-refractivity contribution in [2.24, 2.45) is 0 Å². The topological polar surface area (TPSA) is 46.4 Å². The highest BCUT2D eigenvalue weighted by Gasteiger charge is 2.01. The number of hydrogen-bond acceptors (Lipinski definition) is 3. The third kappa shape index (κ3) is 3.10. The van der Waals surface area contributed by atoms with Crippen LogP contribution in [0.3, 0.4) is 0 Å². The summed E-state index contributed by atoms with van der Waals surface area (Å²) in [6.45, 7) is 3.26. The van der Waals surface area contributed by atoms with Crippen LogP contribution in [-0.4, -0.2) is 36.5 Å². The standard InChI is InChI=1S/C14H20N2O2/c1-18-9-5-15-11-12-2-3-14-13(10-12)4-6-16(14)7-8-17/h2-4,6,10,15,17H,5,7-9,11H2,1H3. The SMILES string of the molecule is COCCNCc1ccc2c(ccn2CCO)c1. The summed E-state index contributed by atoms with van der Waals surface area (Å²) in [6, 6.07) is 8.50. The second kappa shape index (κ2) is 6.54. The highest BCUT2D eigenvalue weighted by atomic mass is 16.5. The first-order valence-corrected chi connectivity index (χ1v) is 6.23. The van der Waals surface area contributed by atoms with Crippen LogP contribution in [0.4, 0.5) is 0 Å². The van der Waals surface area contributed by atoms with Gasteiger partial charge in [0.15, 0.2) is 0 Å². The van der Waals surface area contributed by atoms with E-state index in [9.17, 15) is 0 Å². The zero-order valence-corrected chi connectivity index (χ0v) is 10.7. The molecule has 0 aliphatic heterocycles. The van der Waals surface area contributed by atoms with Gasteiger partial charge in [-0.15, -0.1) is 0 Å². The molecule has 4 heteroatoms. The van der Waals surface area contributed by atoms with Crippen molar-refractivity contribution >= 4 is 10.9 Å². The lowest BCUT2D eigenvalue weighted by Gasteiger charge is -2.06. The summed E-state index contributed by atoms with van der Waals surface area (Å²) in [4.78, 5) is 0. The van der Waals surface area contributed by atoms with E-state index in [0.29, 0.717) is 6.54 Å². The van der Waals surface area contributed by atoms with E-state index in [2.05, 4.69) is 34.1 Å². The second-order valence-corrected chi connectivity index (χ2v) is 4.30. The molecule has 1 aromatic carbocycles. The number of rotatable bonds is 7. The molecule has 2 rings (SSSR count). The van der Waals surface area contributed by atoms with E-state index in [1.807, 2.05) is 6.20 Å². The molecule has 98 valence electrons. The number of hydrogen-bond donors (Lipinski definition) is 2. The Balaban J connectivity index is 2.04. The Morgan fingerprint density at radius 2 is 2.22 bits per heavy atom. The average molecular weight is 248 g/mol. The van der Waals surface area contributed by atoms with Crippen LogP contribution in [-0.2, 0) is 17.8 Å². The van der Waals surface area contributed by atoms with Crippen LogP contribution in [0.5, 0.6) is 0 Å². The summed E-state index contributed by atoms with van der Waals surface area (Å²) in [7, 11) is 1.71. The fraction of sp³-hybridized carbons (Fsp3) is 0.429. The van der Waals surface area contributed by atoms with Crippen molar-refractivity contribution in [1.29, 1.82) is 0 Å². The molecule has 0 saturated heterocycles. The van der Waals surface area contributed by atoms with Gasteiger partial charge in [-0.3, -0.25) is 0 Å². The average Bonchev–Trinajstić information content (AvgIpc) is 2.78. The molecule has 0 radical (unpaired) electrons. The Labute approximate surface area is 107 Å². The summed E-state index contributed by atoms with van der Waals surface area (Å²) in [5.41, 5.74) is 2.44. The number of nitrogens with zero attached hydrogens (tertiary/aromatic N) is 1. The molecule has 0 fully saturated rings. The van der Waals surface area contributed by atoms with Gasteiger partial charge in [-0.1, -0.05) is 6.07 Å². The van der Waals surface area contributed by atoms with E-state index in [4.69, 9.17) is 9.84 Å². The first-order chi connectivity index (χ1) is 8.85. The molecule has 0 spiro atoms. The fourth-order valence-corrected chi connectivity index (χ4v) is 2.07. The van der Waals surface area contributed by atoms with Gasteiger partial charge in [0.2, 0.25) is 0 Å². The quantitative estimate of drug-likeness (QED) is 0.728. The molecule has 4 nitrogen and oxygen atoms in total. The van der Waals surface area contributed by atoms with Crippen LogP contribution >= 0.6 is 0 Å². The van der Waals surface area contributed by atoms with E-state index in [1.54, 1.807) is 7.11 Å². The number of aliphatic hydroxyl groups is 1. The van der Waals surface area contributed by atoms with Crippen molar-refractivity contribution in [1.82, 2.24) is 9.88 Å². The minimum Gasteiger partial charge on any atom is -0.395 e. The normalized spacial score (nSPS) is 11.2. The Morgan fingerprint density at radius 1 is 1.33 bits per heavy atom. The molecule has 1 aromatic heterocycles. The van der Waals surface area contributed by atoms with Gasteiger partial charge in [-0.2, -0.15) is 0 Å². The van der Waals surface area contributed by atoms with Crippen molar-refractivity contribution < 1.29 is 9.84 Å². The molecule has 0 aliphatic carbocycles. The van der Waals surface area contributed by atoms with E-state index in [-0.39, 0.29) is 6.61 Å². The molecule has 0 amide bonds. The Hall–Kier alpha value is -1.36. The first-order valence-electron chi connectivity index (χ1n) is 6.23. The predicted molar refractivity (Wildman–Crippen MR) is 72.6 cm³/mol. The molecule has 0 bridgehead atoms. The minimum atomic E-state index is 0.171. The van der Waals surface area contributed by atoms with Gasteiger partial charge in [-0.05, 0) is 29.1 Å². The van der Waals surface area contributed by atoms with E-state index in [0.717, 1.165) is 19.7 Å². The van der Waals surface area contributed by atoms with Crippen molar-refractivity contribution in [3.63, 3.8) is 0 Å². The van der Waals surface area contributed by atoms with Gasteiger partial charge in [0, 0.05) is 38.5 Å². The zero-order valence-electron chi connectivity index (χ0n) is 10.7. The van der Waals surface area contributed by atoms with Gasteiger partial charge in [0.25, 0.3) is 0 Å². The number of methoxy groups -OCH3 is 1. The Bertz CT molecular complexity index is 493. The molecule has 0 unspecified atom stereocenters. The van der Waals surface area contributed by atoms with Crippen molar-refractivity contribution in [3.8, 4) is 0 Å². The smallest absolute Gasteiger partial charge is 0.0610 e. The summed E-state index contributed by atoms with van der Waals surface area (Å²) < 4.78 is 7.06. The van der Waals surface area contributed by atoms with E-state index < -0.39 is 0 Å². The number of fused-ring (bicyclic) bond motifs is 1. The Morgan fingerprint density at radius 3 is 3.00 bits per heavy atom.